The molecule has 0 bridgehead atoms. The van der Waals surface area contributed by atoms with E-state index in [0.29, 0.717) is 17.2 Å². The average Bonchev–Trinajstić information content (AvgIpc) is 2.78. The molecule has 0 aromatic heterocycles. The van der Waals surface area contributed by atoms with E-state index in [9.17, 15) is 9.59 Å². The van der Waals surface area contributed by atoms with E-state index in [1.165, 1.54) is 6.07 Å². The van der Waals surface area contributed by atoms with E-state index >= 15 is 0 Å². The Morgan fingerprint density at radius 1 is 1.42 bits per heavy atom. The summed E-state index contributed by atoms with van der Waals surface area (Å²) < 4.78 is 0. The Balaban J connectivity index is 2.13. The van der Waals surface area contributed by atoms with Crippen LogP contribution in [0.4, 0.5) is 10.5 Å². The smallest absolute Gasteiger partial charge is 0.336 e. The van der Waals surface area contributed by atoms with Gasteiger partial charge in [-0.2, -0.15) is 0 Å². The molecule has 1 aromatic carbocycles. The lowest BCUT2D eigenvalue weighted by atomic mass is 10.1. The van der Waals surface area contributed by atoms with Gasteiger partial charge in [0.15, 0.2) is 0 Å². The Kier molecular flexibility index (Phi) is 3.74. The zero-order chi connectivity index (χ0) is 14.0. The van der Waals surface area contributed by atoms with Gasteiger partial charge in [-0.25, -0.2) is 9.59 Å². The number of nitrogens with one attached hydrogen (secondary N) is 1. The first-order chi connectivity index (χ1) is 8.99. The van der Waals surface area contributed by atoms with Gasteiger partial charge < -0.3 is 15.3 Å². The molecule has 19 heavy (non-hydrogen) atoms. The van der Waals surface area contributed by atoms with Gasteiger partial charge in [0.25, 0.3) is 0 Å². The van der Waals surface area contributed by atoms with Crippen LogP contribution in [0.2, 0.25) is 0 Å². The largest absolute Gasteiger partial charge is 0.478 e. The molecule has 1 aliphatic rings. The number of hydrogen-bond acceptors (Lipinski definition) is 2. The highest BCUT2D eigenvalue weighted by Gasteiger charge is 2.23. The van der Waals surface area contributed by atoms with Crippen molar-refractivity contribution in [3.63, 3.8) is 0 Å². The van der Waals surface area contributed by atoms with Gasteiger partial charge in [0.05, 0.1) is 5.56 Å². The quantitative estimate of drug-likeness (QED) is 0.860. The second-order valence-electron chi connectivity index (χ2n) is 5.05. The highest BCUT2D eigenvalue weighted by atomic mass is 16.4. The molecule has 1 heterocycles. The fourth-order valence-corrected chi connectivity index (χ4v) is 2.32. The molecule has 1 aliphatic heterocycles. The number of rotatable bonds is 2. The van der Waals surface area contributed by atoms with Gasteiger partial charge in [-0.15, -0.1) is 0 Å². The first-order valence-electron chi connectivity index (χ1n) is 6.38. The molecule has 2 rings (SSSR count). The Bertz CT molecular complexity index is 513. The minimum Gasteiger partial charge on any atom is -0.478 e. The molecule has 0 aliphatic carbocycles. The number of aromatic carboxylic acids is 1. The molecule has 2 amide bonds. The van der Waals surface area contributed by atoms with Crippen LogP contribution in [0.15, 0.2) is 18.2 Å². The number of amides is 2. The van der Waals surface area contributed by atoms with Gasteiger partial charge >= 0.3 is 12.0 Å². The fourth-order valence-electron chi connectivity index (χ4n) is 2.32. The number of nitrogens with zero attached hydrogens (tertiary/aromatic N) is 1. The average molecular weight is 262 g/mol. The third-order valence-electron chi connectivity index (χ3n) is 3.52. The minimum atomic E-state index is -0.983. The van der Waals surface area contributed by atoms with Crippen molar-refractivity contribution >= 4 is 17.7 Å². The molecule has 102 valence electrons. The molecule has 5 heteroatoms. The zero-order valence-electron chi connectivity index (χ0n) is 11.1. The van der Waals surface area contributed by atoms with Crippen LogP contribution >= 0.6 is 0 Å². The maximum atomic E-state index is 12.1. The van der Waals surface area contributed by atoms with E-state index in [-0.39, 0.29) is 11.6 Å². The number of likely N-dealkylation sites (tertiary alicyclic amines) is 1. The van der Waals surface area contributed by atoms with Crippen LogP contribution in [0.25, 0.3) is 0 Å². The summed E-state index contributed by atoms with van der Waals surface area (Å²) in [6.45, 7) is 5.32. The van der Waals surface area contributed by atoms with Gasteiger partial charge in [0.2, 0.25) is 0 Å². The summed E-state index contributed by atoms with van der Waals surface area (Å²) in [6, 6.07) is 4.73. The van der Waals surface area contributed by atoms with Gasteiger partial charge in [-0.3, -0.25) is 0 Å². The lowest BCUT2D eigenvalue weighted by Gasteiger charge is -2.18. The maximum absolute atomic E-state index is 12.1. The molecule has 1 atom stereocenters. The Morgan fingerprint density at radius 3 is 2.74 bits per heavy atom. The van der Waals surface area contributed by atoms with Crippen molar-refractivity contribution in [3.8, 4) is 0 Å². The topological polar surface area (TPSA) is 69.6 Å². The van der Waals surface area contributed by atoms with E-state index in [1.54, 1.807) is 24.0 Å². The Morgan fingerprint density at radius 2 is 2.16 bits per heavy atom. The predicted octanol–water partition coefficient (Wildman–Crippen LogP) is 2.57. The standard InChI is InChI=1S/C14H18N2O3/c1-9-6-7-16(8-9)14(19)15-12-5-3-4-11(10(12)2)13(17)18/h3-5,9H,6-8H2,1-2H3,(H,15,19)(H,17,18). The van der Waals surface area contributed by atoms with Crippen molar-refractivity contribution in [2.75, 3.05) is 18.4 Å². The van der Waals surface area contributed by atoms with E-state index in [2.05, 4.69) is 12.2 Å². The van der Waals surface area contributed by atoms with Crippen LogP contribution in [0, 0.1) is 12.8 Å². The summed E-state index contributed by atoms with van der Waals surface area (Å²) in [7, 11) is 0. The summed E-state index contributed by atoms with van der Waals surface area (Å²) >= 11 is 0. The third-order valence-corrected chi connectivity index (χ3v) is 3.52. The second kappa shape index (κ2) is 5.30. The number of carboxylic acid groups (broad SMARTS) is 1. The molecule has 2 N–H and O–H groups in total. The van der Waals surface area contributed by atoms with E-state index in [4.69, 9.17) is 5.11 Å². The second-order valence-corrected chi connectivity index (χ2v) is 5.05. The van der Waals surface area contributed by atoms with E-state index < -0.39 is 5.97 Å². The van der Waals surface area contributed by atoms with Gasteiger partial charge in [0.1, 0.15) is 0 Å². The number of anilines is 1. The third kappa shape index (κ3) is 2.86. The number of carboxylic acids is 1. The summed E-state index contributed by atoms with van der Waals surface area (Å²) in [5, 5.41) is 11.8. The Labute approximate surface area is 112 Å². The monoisotopic (exact) mass is 262 g/mol. The van der Waals surface area contributed by atoms with Crippen molar-refractivity contribution in [1.82, 2.24) is 4.90 Å². The molecule has 1 saturated heterocycles. The first kappa shape index (κ1) is 13.4. The lowest BCUT2D eigenvalue weighted by Crippen LogP contribution is -2.33. The van der Waals surface area contributed by atoms with Crippen LogP contribution in [-0.2, 0) is 0 Å². The predicted molar refractivity (Wildman–Crippen MR) is 72.5 cm³/mol. The highest BCUT2D eigenvalue weighted by molar-refractivity contribution is 5.95. The summed E-state index contributed by atoms with van der Waals surface area (Å²) in [5.41, 5.74) is 1.35. The number of benzene rings is 1. The number of urea groups is 1. The van der Waals surface area contributed by atoms with Crippen molar-refractivity contribution < 1.29 is 14.7 Å². The SMILES string of the molecule is Cc1c(NC(=O)N2CCC(C)C2)cccc1C(=O)O. The van der Waals surface area contributed by atoms with Gasteiger partial charge in [-0.05, 0) is 37.0 Å². The van der Waals surface area contributed by atoms with Crippen molar-refractivity contribution in [2.24, 2.45) is 5.92 Å². The summed E-state index contributed by atoms with van der Waals surface area (Å²) in [4.78, 5) is 24.9. The lowest BCUT2D eigenvalue weighted by molar-refractivity contribution is 0.0696. The minimum absolute atomic E-state index is 0.157. The van der Waals surface area contributed by atoms with Crippen molar-refractivity contribution in [1.29, 1.82) is 0 Å². The molecule has 0 saturated carbocycles. The normalized spacial score (nSPS) is 18.4. The molecule has 1 aromatic rings. The van der Waals surface area contributed by atoms with Gasteiger partial charge in [0, 0.05) is 18.8 Å². The van der Waals surface area contributed by atoms with Crippen LogP contribution in [-0.4, -0.2) is 35.1 Å². The Hall–Kier alpha value is -2.04. The molecular formula is C14H18N2O3. The first-order valence-corrected chi connectivity index (χ1v) is 6.38. The van der Waals surface area contributed by atoms with Gasteiger partial charge in [-0.1, -0.05) is 13.0 Å². The van der Waals surface area contributed by atoms with E-state index in [1.807, 2.05) is 0 Å². The number of carbonyl (C=O) groups is 2. The zero-order valence-corrected chi connectivity index (χ0v) is 11.1. The fraction of sp³-hybridized carbons (Fsp3) is 0.429. The molecule has 1 unspecified atom stereocenters. The number of hydrogen-bond donors (Lipinski definition) is 2. The molecule has 0 spiro atoms. The number of carbonyl (C=O) groups excluding carboxylic acids is 1. The maximum Gasteiger partial charge on any atom is 0.336 e. The van der Waals surface area contributed by atoms with Crippen LogP contribution in [0.5, 0.6) is 0 Å². The molecule has 0 radical (unpaired) electrons. The molecule has 5 nitrogen and oxygen atoms in total. The van der Waals surface area contributed by atoms with E-state index in [0.717, 1.165) is 19.5 Å². The van der Waals surface area contributed by atoms with Crippen LogP contribution in [0.1, 0.15) is 29.3 Å². The highest BCUT2D eigenvalue weighted by Crippen LogP contribution is 2.21. The van der Waals surface area contributed by atoms with Crippen molar-refractivity contribution in [3.05, 3.63) is 29.3 Å². The summed E-state index contributed by atoms with van der Waals surface area (Å²) in [6.07, 6.45) is 1.02. The molecular weight excluding hydrogens is 244 g/mol. The van der Waals surface area contributed by atoms with Crippen LogP contribution in [0.3, 0.4) is 0 Å². The molecule has 1 fully saturated rings. The van der Waals surface area contributed by atoms with Crippen molar-refractivity contribution in [2.45, 2.75) is 20.3 Å². The van der Waals surface area contributed by atoms with Crippen LogP contribution < -0.4 is 5.32 Å². The summed E-state index contributed by atoms with van der Waals surface area (Å²) in [5.74, 6) is -0.458.